The number of aliphatic hydroxyl groups excluding tert-OH is 1. The van der Waals surface area contributed by atoms with Crippen LogP contribution in [0, 0.1) is 5.92 Å². The largest absolute Gasteiger partial charge is 0.391 e. The second-order valence-corrected chi connectivity index (χ2v) is 7.02. The normalized spacial score (nSPS) is 14.7. The van der Waals surface area contributed by atoms with Crippen LogP contribution in [0.15, 0.2) is 48.5 Å². The summed E-state index contributed by atoms with van der Waals surface area (Å²) < 4.78 is 0. The zero-order valence-corrected chi connectivity index (χ0v) is 15.3. The molecule has 5 N–H and O–H groups in total. The van der Waals surface area contributed by atoms with E-state index in [0.29, 0.717) is 22.9 Å². The predicted molar refractivity (Wildman–Crippen MR) is 102 cm³/mol. The summed E-state index contributed by atoms with van der Waals surface area (Å²) in [6.45, 7) is 0. The monoisotopic (exact) mass is 380 g/mol. The van der Waals surface area contributed by atoms with Crippen molar-refractivity contribution in [1.29, 1.82) is 0 Å². The van der Waals surface area contributed by atoms with Crippen molar-refractivity contribution < 1.29 is 9.90 Å². The number of primary amides is 1. The molecule has 0 fully saturated rings. The van der Waals surface area contributed by atoms with Crippen molar-refractivity contribution in [3.63, 3.8) is 0 Å². The Labute approximate surface area is 157 Å². The fraction of sp³-hybridized carbons (Fsp3) is 0.316. The van der Waals surface area contributed by atoms with E-state index in [0.717, 1.165) is 11.1 Å². The van der Waals surface area contributed by atoms with Gasteiger partial charge in [0.2, 0.25) is 5.91 Å². The van der Waals surface area contributed by atoms with Gasteiger partial charge in [0, 0.05) is 12.0 Å². The van der Waals surface area contributed by atoms with Crippen LogP contribution in [-0.4, -0.2) is 23.2 Å². The van der Waals surface area contributed by atoms with E-state index in [9.17, 15) is 9.90 Å². The van der Waals surface area contributed by atoms with Crippen molar-refractivity contribution in [1.82, 2.24) is 0 Å². The topological polar surface area (TPSA) is 89.3 Å². The lowest BCUT2D eigenvalue weighted by atomic mass is 9.89. The van der Waals surface area contributed by atoms with Crippen molar-refractivity contribution >= 4 is 29.1 Å². The van der Waals surface area contributed by atoms with Crippen LogP contribution < -0.4 is 11.5 Å². The van der Waals surface area contributed by atoms with Gasteiger partial charge in [0.15, 0.2) is 0 Å². The highest BCUT2D eigenvalue weighted by Gasteiger charge is 2.24. The lowest BCUT2D eigenvalue weighted by Crippen LogP contribution is -2.40. The number of amides is 1. The first kappa shape index (κ1) is 19.7. The van der Waals surface area contributed by atoms with Gasteiger partial charge < -0.3 is 16.6 Å². The average molecular weight is 381 g/mol. The second kappa shape index (κ2) is 9.20. The van der Waals surface area contributed by atoms with Crippen molar-refractivity contribution in [2.24, 2.45) is 17.4 Å². The number of aliphatic hydroxyl groups is 1. The SMILES string of the molecule is NC(=O)[C@@H](Cc1ccc(Cl)c(Cl)c1)C[C@H](O)[C@@H](N)Cc1ccccc1. The first-order valence-electron chi connectivity index (χ1n) is 8.07. The molecular formula is C19H22Cl2N2O2. The van der Waals surface area contributed by atoms with E-state index in [2.05, 4.69) is 0 Å². The maximum atomic E-state index is 11.8. The number of nitrogens with two attached hydrogens (primary N) is 2. The lowest BCUT2D eigenvalue weighted by Gasteiger charge is -2.23. The summed E-state index contributed by atoms with van der Waals surface area (Å²) in [6, 6.07) is 14.4. The van der Waals surface area contributed by atoms with E-state index in [1.165, 1.54) is 0 Å². The van der Waals surface area contributed by atoms with Crippen LogP contribution >= 0.6 is 23.2 Å². The molecule has 2 aromatic carbocycles. The van der Waals surface area contributed by atoms with E-state index in [4.69, 9.17) is 34.7 Å². The van der Waals surface area contributed by atoms with E-state index >= 15 is 0 Å². The van der Waals surface area contributed by atoms with Gasteiger partial charge in [-0.1, -0.05) is 59.6 Å². The number of rotatable bonds is 8. The summed E-state index contributed by atoms with van der Waals surface area (Å²) in [7, 11) is 0. The van der Waals surface area contributed by atoms with Crippen LogP contribution in [0.2, 0.25) is 10.0 Å². The Bertz CT molecular complexity index is 710. The first-order chi connectivity index (χ1) is 11.9. The molecule has 4 nitrogen and oxygen atoms in total. The molecule has 2 rings (SSSR count). The Kier molecular flexibility index (Phi) is 7.26. The zero-order valence-electron chi connectivity index (χ0n) is 13.7. The van der Waals surface area contributed by atoms with E-state index < -0.39 is 24.0 Å². The van der Waals surface area contributed by atoms with E-state index in [1.54, 1.807) is 18.2 Å². The maximum Gasteiger partial charge on any atom is 0.220 e. The Morgan fingerprint density at radius 1 is 1.00 bits per heavy atom. The van der Waals surface area contributed by atoms with E-state index in [1.807, 2.05) is 30.3 Å². The number of hydrogen-bond donors (Lipinski definition) is 3. The third kappa shape index (κ3) is 6.01. The Balaban J connectivity index is 1.99. The highest BCUT2D eigenvalue weighted by atomic mass is 35.5. The highest BCUT2D eigenvalue weighted by Crippen LogP contribution is 2.25. The molecule has 134 valence electrons. The van der Waals surface area contributed by atoms with Crippen LogP contribution in [0.4, 0.5) is 0 Å². The first-order valence-corrected chi connectivity index (χ1v) is 8.83. The van der Waals surface area contributed by atoms with Gasteiger partial charge in [-0.2, -0.15) is 0 Å². The van der Waals surface area contributed by atoms with Crippen molar-refractivity contribution in [3.05, 3.63) is 69.7 Å². The number of carbonyl (C=O) groups is 1. The average Bonchev–Trinajstić information content (AvgIpc) is 2.58. The number of benzene rings is 2. The van der Waals surface area contributed by atoms with Gasteiger partial charge in [-0.15, -0.1) is 0 Å². The second-order valence-electron chi connectivity index (χ2n) is 6.21. The molecule has 0 heterocycles. The predicted octanol–water partition coefficient (Wildman–Crippen LogP) is 2.96. The van der Waals surface area contributed by atoms with Gasteiger partial charge in [0.05, 0.1) is 16.1 Å². The van der Waals surface area contributed by atoms with Crippen LogP contribution in [0.5, 0.6) is 0 Å². The molecule has 0 bridgehead atoms. The standard InChI is InChI=1S/C19H22Cl2N2O2/c20-15-7-6-13(9-16(15)21)8-14(19(23)25)11-18(24)17(22)10-12-4-2-1-3-5-12/h1-7,9,14,17-18,24H,8,10-11,22H2,(H2,23,25)/t14-,17-,18-/m0/s1. The molecule has 0 radical (unpaired) electrons. The summed E-state index contributed by atoms with van der Waals surface area (Å²) in [5.41, 5.74) is 13.5. The fourth-order valence-corrected chi connectivity index (χ4v) is 3.06. The number of halogens is 2. The lowest BCUT2D eigenvalue weighted by molar-refractivity contribution is -0.122. The van der Waals surface area contributed by atoms with Gasteiger partial charge in [0.25, 0.3) is 0 Å². The van der Waals surface area contributed by atoms with E-state index in [-0.39, 0.29) is 6.42 Å². The molecule has 2 aromatic rings. The summed E-state index contributed by atoms with van der Waals surface area (Å²) in [5, 5.41) is 11.3. The maximum absolute atomic E-state index is 11.8. The van der Waals surface area contributed by atoms with Crippen LogP contribution in [0.1, 0.15) is 17.5 Å². The molecular weight excluding hydrogens is 359 g/mol. The van der Waals surface area contributed by atoms with Gasteiger partial charge in [-0.3, -0.25) is 4.79 Å². The number of carbonyl (C=O) groups excluding carboxylic acids is 1. The quantitative estimate of drug-likeness (QED) is 0.657. The summed E-state index contributed by atoms with van der Waals surface area (Å²) in [4.78, 5) is 11.8. The van der Waals surface area contributed by atoms with Crippen LogP contribution in [0.3, 0.4) is 0 Å². The minimum absolute atomic E-state index is 0.198. The third-order valence-electron chi connectivity index (χ3n) is 4.20. The summed E-state index contributed by atoms with van der Waals surface area (Å²) >= 11 is 11.9. The molecule has 0 saturated heterocycles. The van der Waals surface area contributed by atoms with Gasteiger partial charge in [0.1, 0.15) is 0 Å². The Morgan fingerprint density at radius 3 is 2.28 bits per heavy atom. The zero-order chi connectivity index (χ0) is 18.4. The third-order valence-corrected chi connectivity index (χ3v) is 4.94. The minimum Gasteiger partial charge on any atom is -0.391 e. The molecule has 0 saturated carbocycles. The summed E-state index contributed by atoms with van der Waals surface area (Å²) in [5.74, 6) is -1.01. The smallest absolute Gasteiger partial charge is 0.220 e. The molecule has 6 heteroatoms. The van der Waals surface area contributed by atoms with Crippen molar-refractivity contribution in [2.75, 3.05) is 0 Å². The molecule has 0 unspecified atom stereocenters. The minimum atomic E-state index is -0.833. The molecule has 1 amide bonds. The van der Waals surface area contributed by atoms with Gasteiger partial charge >= 0.3 is 0 Å². The number of hydrogen-bond acceptors (Lipinski definition) is 3. The fourth-order valence-electron chi connectivity index (χ4n) is 2.74. The molecule has 0 aliphatic heterocycles. The highest BCUT2D eigenvalue weighted by molar-refractivity contribution is 6.42. The van der Waals surface area contributed by atoms with Gasteiger partial charge in [-0.25, -0.2) is 0 Å². The molecule has 0 aromatic heterocycles. The molecule has 0 aliphatic rings. The summed E-state index contributed by atoms with van der Waals surface area (Å²) in [6.07, 6.45) is 0.269. The molecule has 3 atom stereocenters. The Hall–Kier alpha value is -1.59. The van der Waals surface area contributed by atoms with Crippen molar-refractivity contribution in [2.45, 2.75) is 31.4 Å². The molecule has 25 heavy (non-hydrogen) atoms. The molecule has 0 spiro atoms. The van der Waals surface area contributed by atoms with Crippen molar-refractivity contribution in [3.8, 4) is 0 Å². The molecule has 0 aliphatic carbocycles. The Morgan fingerprint density at radius 2 is 1.68 bits per heavy atom. The van der Waals surface area contributed by atoms with Crippen LogP contribution in [-0.2, 0) is 17.6 Å². The van der Waals surface area contributed by atoms with Gasteiger partial charge in [-0.05, 0) is 42.5 Å². The van der Waals surface area contributed by atoms with Crippen LogP contribution in [0.25, 0.3) is 0 Å².